The van der Waals surface area contributed by atoms with E-state index in [1.807, 2.05) is 32.2 Å². The lowest BCUT2D eigenvalue weighted by atomic mass is 9.95. The summed E-state index contributed by atoms with van der Waals surface area (Å²) in [4.78, 5) is 8.31. The van der Waals surface area contributed by atoms with E-state index in [4.69, 9.17) is 21.3 Å². The molecule has 24 heavy (non-hydrogen) atoms. The van der Waals surface area contributed by atoms with Crippen LogP contribution >= 0.6 is 0 Å². The van der Waals surface area contributed by atoms with Gasteiger partial charge >= 0.3 is 0 Å². The van der Waals surface area contributed by atoms with Crippen LogP contribution in [0.25, 0.3) is 0 Å². The van der Waals surface area contributed by atoms with Crippen molar-refractivity contribution in [1.82, 2.24) is 0 Å². The minimum absolute atomic E-state index is 0.0262. The van der Waals surface area contributed by atoms with Crippen molar-refractivity contribution in [3.63, 3.8) is 0 Å². The minimum Gasteiger partial charge on any atom is -0.446 e. The summed E-state index contributed by atoms with van der Waals surface area (Å²) >= 11 is 0. The zero-order valence-electron chi connectivity index (χ0n) is 14.8. The monoisotopic (exact) mass is 329 g/mol. The van der Waals surface area contributed by atoms with Crippen LogP contribution in [0.4, 0.5) is 5.88 Å². The Bertz CT molecular complexity index is 663. The summed E-state index contributed by atoms with van der Waals surface area (Å²) in [6, 6.07) is 1.72. The lowest BCUT2D eigenvalue weighted by Crippen LogP contribution is -2.09. The highest BCUT2D eigenvalue weighted by Crippen LogP contribution is 2.19. The Balaban J connectivity index is 0.000000240. The Kier molecular flexibility index (Phi) is 7.32. The molecule has 0 amide bonds. The summed E-state index contributed by atoms with van der Waals surface area (Å²) < 4.78 is 5.06. The van der Waals surface area contributed by atoms with Gasteiger partial charge in [-0.15, -0.1) is 0 Å². The second kappa shape index (κ2) is 8.98. The van der Waals surface area contributed by atoms with E-state index < -0.39 is 0 Å². The van der Waals surface area contributed by atoms with Crippen molar-refractivity contribution in [2.24, 2.45) is 32.8 Å². The fourth-order valence-electron chi connectivity index (χ4n) is 1.68. The smallest absolute Gasteiger partial charge is 0.227 e. The van der Waals surface area contributed by atoms with Crippen molar-refractivity contribution in [2.45, 2.75) is 27.7 Å². The molecule has 0 saturated carbocycles. The van der Waals surface area contributed by atoms with Crippen molar-refractivity contribution in [3.8, 4) is 0 Å². The van der Waals surface area contributed by atoms with Crippen LogP contribution < -0.4 is 11.5 Å². The van der Waals surface area contributed by atoms with Gasteiger partial charge in [0, 0.05) is 30.6 Å². The molecule has 1 aliphatic rings. The van der Waals surface area contributed by atoms with Crippen LogP contribution in [-0.2, 0) is 0 Å². The Labute approximate surface area is 143 Å². The predicted octanol–water partition coefficient (Wildman–Crippen LogP) is 3.42. The molecule has 0 radical (unpaired) electrons. The van der Waals surface area contributed by atoms with Crippen LogP contribution in [-0.4, -0.2) is 25.2 Å². The molecule has 6 heteroatoms. The number of allylic oxidation sites excluding steroid dienone is 2. The maximum atomic E-state index is 7.03. The molecule has 6 nitrogen and oxygen atoms in total. The molecule has 2 rings (SSSR count). The fraction of sp³-hybridized carbons (Fsp3) is 0.389. The zero-order valence-corrected chi connectivity index (χ0v) is 14.8. The van der Waals surface area contributed by atoms with Gasteiger partial charge in [-0.2, -0.15) is 0 Å². The van der Waals surface area contributed by atoms with Gasteiger partial charge in [0.15, 0.2) is 0 Å². The van der Waals surface area contributed by atoms with Crippen LogP contribution in [0.2, 0.25) is 0 Å². The molecular formula is C18H27N5O. The molecule has 2 heterocycles. The molecule has 0 bridgehead atoms. The second-order valence-corrected chi connectivity index (χ2v) is 6.37. The SMILES string of the molecule is CC(C)/C=N\c1occc1C=N.CC1(C)C=CC(N)=C(CN)N=C1. The maximum Gasteiger partial charge on any atom is 0.227 e. The van der Waals surface area contributed by atoms with E-state index in [1.54, 1.807) is 12.3 Å². The van der Waals surface area contributed by atoms with Crippen LogP contribution in [0, 0.1) is 16.7 Å². The maximum absolute atomic E-state index is 7.03. The summed E-state index contributed by atoms with van der Waals surface area (Å²) in [5.74, 6) is 0.910. The average Bonchev–Trinajstić information content (AvgIpc) is 2.94. The number of furan rings is 1. The molecule has 0 fully saturated rings. The molecule has 0 spiro atoms. The molecule has 0 aliphatic carbocycles. The second-order valence-electron chi connectivity index (χ2n) is 6.37. The highest BCUT2D eigenvalue weighted by atomic mass is 16.3. The van der Waals surface area contributed by atoms with Crippen molar-refractivity contribution in [2.75, 3.05) is 6.54 Å². The molecule has 1 aromatic heterocycles. The quantitative estimate of drug-likeness (QED) is 0.735. The van der Waals surface area contributed by atoms with Gasteiger partial charge < -0.3 is 21.3 Å². The van der Waals surface area contributed by atoms with Gasteiger partial charge in [-0.25, -0.2) is 4.99 Å². The lowest BCUT2D eigenvalue weighted by Gasteiger charge is -2.10. The van der Waals surface area contributed by atoms with Gasteiger partial charge in [-0.05, 0) is 18.1 Å². The summed E-state index contributed by atoms with van der Waals surface area (Å²) in [7, 11) is 0. The van der Waals surface area contributed by atoms with E-state index in [2.05, 4.69) is 23.8 Å². The standard InChI is InChI=1S/C9H15N3.C9H12N2O/c1-9(2)4-3-7(11)8(5-10)12-6-9;1-7(2)6-11-9-8(5-10)3-4-12-9/h3-4,6H,5,10-11H2,1-2H3;3-7,10H,1-2H3/b;10-5?,11-6-. The van der Waals surface area contributed by atoms with E-state index in [0.717, 1.165) is 5.70 Å². The fourth-order valence-corrected chi connectivity index (χ4v) is 1.68. The topological polar surface area (TPSA) is 114 Å². The first-order chi connectivity index (χ1) is 11.3. The molecule has 1 aliphatic heterocycles. The third-order valence-corrected chi connectivity index (χ3v) is 3.09. The number of rotatable bonds is 4. The van der Waals surface area contributed by atoms with Gasteiger partial charge in [0.05, 0.1) is 23.2 Å². The molecule has 5 N–H and O–H groups in total. The van der Waals surface area contributed by atoms with E-state index in [0.29, 0.717) is 29.6 Å². The molecular weight excluding hydrogens is 302 g/mol. The molecule has 0 saturated heterocycles. The molecule has 0 atom stereocenters. The number of hydrogen-bond acceptors (Lipinski definition) is 6. The number of nitrogens with one attached hydrogen (secondary N) is 1. The zero-order chi connectivity index (χ0) is 18.2. The highest BCUT2D eigenvalue weighted by Gasteiger charge is 2.13. The summed E-state index contributed by atoms with van der Waals surface area (Å²) in [5, 5.41) is 7.03. The van der Waals surface area contributed by atoms with Crippen LogP contribution in [0.3, 0.4) is 0 Å². The predicted molar refractivity (Wildman–Crippen MR) is 101 cm³/mol. The van der Waals surface area contributed by atoms with Crippen LogP contribution in [0.5, 0.6) is 0 Å². The largest absolute Gasteiger partial charge is 0.446 e. The van der Waals surface area contributed by atoms with Gasteiger partial charge in [0.25, 0.3) is 0 Å². The first-order valence-corrected chi connectivity index (χ1v) is 7.84. The summed E-state index contributed by atoms with van der Waals surface area (Å²) in [6.45, 7) is 8.61. The van der Waals surface area contributed by atoms with Crippen LogP contribution in [0.1, 0.15) is 33.3 Å². The van der Waals surface area contributed by atoms with Crippen molar-refractivity contribution in [3.05, 3.63) is 41.4 Å². The molecule has 0 unspecified atom stereocenters. The Hall–Kier alpha value is -2.47. The number of nitrogens with two attached hydrogens (primary N) is 2. The first-order valence-electron chi connectivity index (χ1n) is 7.84. The Morgan fingerprint density at radius 1 is 1.42 bits per heavy atom. The Morgan fingerprint density at radius 2 is 2.12 bits per heavy atom. The molecule has 0 aromatic carbocycles. The van der Waals surface area contributed by atoms with Crippen molar-refractivity contribution < 1.29 is 4.42 Å². The van der Waals surface area contributed by atoms with Gasteiger partial charge in [0.1, 0.15) is 0 Å². The van der Waals surface area contributed by atoms with E-state index in [1.165, 1.54) is 12.5 Å². The summed E-state index contributed by atoms with van der Waals surface area (Å²) in [6.07, 6.45) is 10.3. The number of nitrogens with zero attached hydrogens (tertiary/aromatic N) is 2. The third kappa shape index (κ3) is 6.34. The number of hydrogen-bond donors (Lipinski definition) is 3. The third-order valence-electron chi connectivity index (χ3n) is 3.09. The normalized spacial score (nSPS) is 16.2. The summed E-state index contributed by atoms with van der Waals surface area (Å²) in [5.41, 5.74) is 13.3. The van der Waals surface area contributed by atoms with E-state index >= 15 is 0 Å². The molecule has 130 valence electrons. The van der Waals surface area contributed by atoms with Crippen molar-refractivity contribution >= 4 is 24.5 Å². The Morgan fingerprint density at radius 3 is 2.71 bits per heavy atom. The van der Waals surface area contributed by atoms with Crippen molar-refractivity contribution in [1.29, 1.82) is 5.41 Å². The lowest BCUT2D eigenvalue weighted by molar-refractivity contribution is 0.577. The molecule has 1 aromatic rings. The average molecular weight is 329 g/mol. The van der Waals surface area contributed by atoms with Gasteiger partial charge in [-0.3, -0.25) is 4.99 Å². The first kappa shape index (κ1) is 19.6. The van der Waals surface area contributed by atoms with Gasteiger partial charge in [0.2, 0.25) is 5.88 Å². The van der Waals surface area contributed by atoms with Crippen LogP contribution in [0.15, 0.2) is 50.3 Å². The van der Waals surface area contributed by atoms with E-state index in [-0.39, 0.29) is 5.41 Å². The highest BCUT2D eigenvalue weighted by molar-refractivity contribution is 5.83. The van der Waals surface area contributed by atoms with E-state index in [9.17, 15) is 0 Å². The minimum atomic E-state index is -0.0262. The van der Waals surface area contributed by atoms with Gasteiger partial charge in [-0.1, -0.05) is 33.8 Å². The number of aliphatic imine (C=N–C) groups is 2.